The minimum Gasteiger partial charge on any atom is -0.289 e. The second-order valence-electron chi connectivity index (χ2n) is 6.14. The van der Waals surface area contributed by atoms with Gasteiger partial charge in [0.05, 0.1) is 5.56 Å². The topological polar surface area (TPSA) is 34.1 Å². The standard InChI is InChI=1S/C22H15F3O2/c1-14-6-8-15(9-7-14)20(26)18-4-2-3-5-19(18)21(27)16-10-12-17(13-11-16)22(23,24)25/h2-13H,1H3. The van der Waals surface area contributed by atoms with Crippen LogP contribution in [-0.2, 0) is 6.18 Å². The summed E-state index contributed by atoms with van der Waals surface area (Å²) in [5.41, 5.74) is 1.07. The van der Waals surface area contributed by atoms with E-state index in [-0.39, 0.29) is 22.5 Å². The van der Waals surface area contributed by atoms with E-state index in [1.807, 2.05) is 6.92 Å². The molecule has 3 aromatic carbocycles. The van der Waals surface area contributed by atoms with E-state index in [0.717, 1.165) is 29.8 Å². The van der Waals surface area contributed by atoms with Crippen molar-refractivity contribution in [3.05, 3.63) is 106 Å². The molecular formula is C22H15F3O2. The van der Waals surface area contributed by atoms with E-state index in [9.17, 15) is 22.8 Å². The van der Waals surface area contributed by atoms with Crippen LogP contribution in [0.4, 0.5) is 13.2 Å². The molecule has 0 atom stereocenters. The molecule has 0 bridgehead atoms. The average molecular weight is 368 g/mol. The van der Waals surface area contributed by atoms with E-state index in [0.29, 0.717) is 5.56 Å². The Balaban J connectivity index is 1.97. The van der Waals surface area contributed by atoms with Gasteiger partial charge in [-0.15, -0.1) is 0 Å². The van der Waals surface area contributed by atoms with Crippen molar-refractivity contribution in [1.29, 1.82) is 0 Å². The number of halogens is 3. The quantitative estimate of drug-likeness (QED) is 0.572. The third-order valence-corrected chi connectivity index (χ3v) is 4.20. The number of alkyl halides is 3. The Kier molecular flexibility index (Phi) is 4.95. The highest BCUT2D eigenvalue weighted by Gasteiger charge is 2.30. The van der Waals surface area contributed by atoms with E-state index in [1.54, 1.807) is 42.5 Å². The fourth-order valence-electron chi connectivity index (χ4n) is 2.71. The van der Waals surface area contributed by atoms with Gasteiger partial charge in [-0.25, -0.2) is 0 Å². The molecule has 0 saturated heterocycles. The Morgan fingerprint density at radius 2 is 1.07 bits per heavy atom. The summed E-state index contributed by atoms with van der Waals surface area (Å²) < 4.78 is 38.1. The lowest BCUT2D eigenvalue weighted by Crippen LogP contribution is -2.12. The van der Waals surface area contributed by atoms with E-state index >= 15 is 0 Å². The summed E-state index contributed by atoms with van der Waals surface area (Å²) in [7, 11) is 0. The Bertz CT molecular complexity index is 985. The van der Waals surface area contributed by atoms with Crippen molar-refractivity contribution in [3.63, 3.8) is 0 Å². The predicted molar refractivity (Wildman–Crippen MR) is 95.9 cm³/mol. The molecule has 0 amide bonds. The van der Waals surface area contributed by atoms with Crippen LogP contribution in [0, 0.1) is 6.92 Å². The first kappa shape index (κ1) is 18.6. The first-order valence-electron chi connectivity index (χ1n) is 8.20. The Labute approximate surface area is 154 Å². The van der Waals surface area contributed by atoms with Gasteiger partial charge >= 0.3 is 6.18 Å². The number of hydrogen-bond donors (Lipinski definition) is 0. The third-order valence-electron chi connectivity index (χ3n) is 4.20. The lowest BCUT2D eigenvalue weighted by atomic mass is 9.93. The molecule has 0 unspecified atom stereocenters. The van der Waals surface area contributed by atoms with Gasteiger partial charge in [-0.1, -0.05) is 66.2 Å². The van der Waals surface area contributed by atoms with Crippen LogP contribution in [-0.4, -0.2) is 11.6 Å². The summed E-state index contributed by atoms with van der Waals surface area (Å²) in [6.07, 6.45) is -4.47. The van der Waals surface area contributed by atoms with Gasteiger partial charge in [-0.3, -0.25) is 9.59 Å². The molecule has 0 N–H and O–H groups in total. The van der Waals surface area contributed by atoms with Crippen LogP contribution in [0.15, 0.2) is 72.8 Å². The van der Waals surface area contributed by atoms with Gasteiger partial charge in [0, 0.05) is 22.3 Å². The van der Waals surface area contributed by atoms with Crippen molar-refractivity contribution in [1.82, 2.24) is 0 Å². The molecular weight excluding hydrogens is 353 g/mol. The number of aryl methyl sites for hydroxylation is 1. The first-order chi connectivity index (χ1) is 12.8. The molecule has 0 aliphatic heterocycles. The fraction of sp³-hybridized carbons (Fsp3) is 0.0909. The molecule has 136 valence electrons. The maximum atomic E-state index is 12.8. The van der Waals surface area contributed by atoms with Crippen LogP contribution in [0.2, 0.25) is 0 Å². The Hall–Kier alpha value is -3.21. The summed E-state index contributed by atoms with van der Waals surface area (Å²) >= 11 is 0. The molecule has 27 heavy (non-hydrogen) atoms. The zero-order chi connectivity index (χ0) is 19.6. The predicted octanol–water partition coefficient (Wildman–Crippen LogP) is 5.48. The van der Waals surface area contributed by atoms with Crippen LogP contribution in [0.3, 0.4) is 0 Å². The lowest BCUT2D eigenvalue weighted by molar-refractivity contribution is -0.137. The third kappa shape index (κ3) is 3.97. The average Bonchev–Trinajstić information content (AvgIpc) is 2.67. The maximum absolute atomic E-state index is 12.8. The molecule has 2 nitrogen and oxygen atoms in total. The van der Waals surface area contributed by atoms with E-state index in [1.165, 1.54) is 6.07 Å². The van der Waals surface area contributed by atoms with Crippen molar-refractivity contribution in [2.24, 2.45) is 0 Å². The van der Waals surface area contributed by atoms with Crippen molar-refractivity contribution in [3.8, 4) is 0 Å². The highest BCUT2D eigenvalue weighted by atomic mass is 19.4. The van der Waals surface area contributed by atoms with E-state index in [4.69, 9.17) is 0 Å². The summed E-state index contributed by atoms with van der Waals surface area (Å²) in [5, 5.41) is 0. The summed E-state index contributed by atoms with van der Waals surface area (Å²) in [5.74, 6) is -0.814. The maximum Gasteiger partial charge on any atom is 0.416 e. The zero-order valence-electron chi connectivity index (χ0n) is 14.4. The van der Waals surface area contributed by atoms with Crippen LogP contribution in [0.1, 0.15) is 43.0 Å². The van der Waals surface area contributed by atoms with Crippen LogP contribution >= 0.6 is 0 Å². The number of ketones is 2. The molecule has 0 aliphatic carbocycles. The minimum absolute atomic E-state index is 0.0900. The van der Waals surface area contributed by atoms with Gasteiger partial charge in [0.1, 0.15) is 0 Å². The SMILES string of the molecule is Cc1ccc(C(=O)c2ccccc2C(=O)c2ccc(C(F)(F)F)cc2)cc1. The Morgan fingerprint density at radius 1 is 0.667 bits per heavy atom. The smallest absolute Gasteiger partial charge is 0.289 e. The number of hydrogen-bond acceptors (Lipinski definition) is 2. The van der Waals surface area contributed by atoms with Gasteiger partial charge < -0.3 is 0 Å². The van der Waals surface area contributed by atoms with Crippen LogP contribution < -0.4 is 0 Å². The van der Waals surface area contributed by atoms with Gasteiger partial charge in [-0.2, -0.15) is 13.2 Å². The second kappa shape index (κ2) is 7.19. The molecule has 0 heterocycles. The number of carbonyl (C=O) groups is 2. The number of benzene rings is 3. The first-order valence-corrected chi connectivity index (χ1v) is 8.20. The zero-order valence-corrected chi connectivity index (χ0v) is 14.4. The Morgan fingerprint density at radius 3 is 1.48 bits per heavy atom. The molecule has 0 aliphatic rings. The van der Waals surface area contributed by atoms with Gasteiger partial charge in [0.25, 0.3) is 0 Å². The fourth-order valence-corrected chi connectivity index (χ4v) is 2.71. The minimum atomic E-state index is -4.47. The van der Waals surface area contributed by atoms with Crippen molar-refractivity contribution in [2.45, 2.75) is 13.1 Å². The number of rotatable bonds is 4. The molecule has 5 heteroatoms. The molecule has 3 rings (SSSR count). The van der Waals surface area contributed by atoms with Crippen molar-refractivity contribution in [2.75, 3.05) is 0 Å². The highest BCUT2D eigenvalue weighted by Crippen LogP contribution is 2.29. The molecule has 0 spiro atoms. The van der Waals surface area contributed by atoms with Gasteiger partial charge in [-0.05, 0) is 19.1 Å². The highest BCUT2D eigenvalue weighted by molar-refractivity contribution is 6.19. The monoisotopic (exact) mass is 368 g/mol. The summed E-state index contributed by atoms with van der Waals surface area (Å²) in [4.78, 5) is 25.6. The lowest BCUT2D eigenvalue weighted by Gasteiger charge is -2.10. The van der Waals surface area contributed by atoms with Crippen molar-refractivity contribution >= 4 is 11.6 Å². The van der Waals surface area contributed by atoms with Crippen LogP contribution in [0.5, 0.6) is 0 Å². The normalized spacial score (nSPS) is 11.3. The van der Waals surface area contributed by atoms with Crippen molar-refractivity contribution < 1.29 is 22.8 Å². The molecule has 0 saturated carbocycles. The molecule has 0 aromatic heterocycles. The van der Waals surface area contributed by atoms with E-state index in [2.05, 4.69) is 0 Å². The number of carbonyl (C=O) groups excluding carboxylic acids is 2. The summed E-state index contributed by atoms with van der Waals surface area (Å²) in [6.45, 7) is 1.90. The summed E-state index contributed by atoms with van der Waals surface area (Å²) in [6, 6.07) is 17.2. The van der Waals surface area contributed by atoms with Crippen LogP contribution in [0.25, 0.3) is 0 Å². The molecule has 0 radical (unpaired) electrons. The molecule has 0 fully saturated rings. The second-order valence-corrected chi connectivity index (χ2v) is 6.14. The van der Waals surface area contributed by atoms with Gasteiger partial charge in [0.15, 0.2) is 11.6 Å². The van der Waals surface area contributed by atoms with E-state index < -0.39 is 17.5 Å². The van der Waals surface area contributed by atoms with Gasteiger partial charge in [0.2, 0.25) is 0 Å². The molecule has 3 aromatic rings. The largest absolute Gasteiger partial charge is 0.416 e.